The van der Waals surface area contributed by atoms with Crippen molar-refractivity contribution in [1.82, 2.24) is 4.57 Å². The van der Waals surface area contributed by atoms with Gasteiger partial charge < -0.3 is 28.6 Å². The molecule has 9 aromatic rings. The molecule has 60 heavy (non-hydrogen) atoms. The molecule has 1 heterocycles. The highest BCUT2D eigenvalue weighted by Crippen LogP contribution is 2.43. The van der Waals surface area contributed by atoms with Gasteiger partial charge in [0, 0.05) is 81.2 Å². The summed E-state index contributed by atoms with van der Waals surface area (Å²) >= 11 is 0. The van der Waals surface area contributed by atoms with Gasteiger partial charge in [-0.05, 0) is 122 Å². The molecule has 0 saturated heterocycles. The lowest BCUT2D eigenvalue weighted by atomic mass is 10.1. The van der Waals surface area contributed by atoms with E-state index in [0.29, 0.717) is 0 Å². The van der Waals surface area contributed by atoms with Crippen LogP contribution in [-0.4, -0.2) is 4.57 Å². The van der Waals surface area contributed by atoms with E-state index in [0.717, 1.165) is 96.9 Å². The average molecular weight is 780 g/mol. The predicted octanol–water partition coefficient (Wildman–Crippen LogP) is 15.2. The molecule has 6 nitrogen and oxygen atoms in total. The van der Waals surface area contributed by atoms with E-state index in [1.807, 2.05) is 121 Å². The minimum Gasteiger partial charge on any atom is -0.457 e. The molecule has 10 rings (SSSR count). The Balaban J connectivity index is 1.09. The lowest BCUT2D eigenvalue weighted by Crippen LogP contribution is -2.14. The Hall–Kier alpha value is -7.96. The van der Waals surface area contributed by atoms with E-state index in [2.05, 4.69) is 119 Å². The third-order valence-corrected chi connectivity index (χ3v) is 10.7. The fraction of sp³-hybridized carbons (Fsp3) is 0.0370. The molecular formula is C54H41N3O3. The second-order valence-corrected chi connectivity index (χ2v) is 14.6. The van der Waals surface area contributed by atoms with Crippen molar-refractivity contribution in [3.8, 4) is 34.5 Å². The number of hydrogen-bond acceptors (Lipinski definition) is 5. The van der Waals surface area contributed by atoms with Gasteiger partial charge in [0.05, 0.1) is 0 Å². The van der Waals surface area contributed by atoms with Gasteiger partial charge >= 0.3 is 0 Å². The van der Waals surface area contributed by atoms with E-state index in [9.17, 15) is 0 Å². The van der Waals surface area contributed by atoms with Gasteiger partial charge in [-0.2, -0.15) is 0 Å². The Morgan fingerprint density at radius 3 is 1.18 bits per heavy atom. The number of aromatic nitrogens is 1. The van der Waals surface area contributed by atoms with Crippen LogP contribution in [0.2, 0.25) is 0 Å². The molecule has 0 amide bonds. The second kappa shape index (κ2) is 16.1. The molecule has 0 saturated carbocycles. The van der Waals surface area contributed by atoms with Gasteiger partial charge in [0.2, 0.25) is 0 Å². The topological polar surface area (TPSA) is 39.1 Å². The van der Waals surface area contributed by atoms with Gasteiger partial charge in [-0.3, -0.25) is 0 Å². The van der Waals surface area contributed by atoms with Crippen molar-refractivity contribution in [2.45, 2.75) is 6.42 Å². The monoisotopic (exact) mass is 779 g/mol. The first-order valence-corrected chi connectivity index (χ1v) is 20.1. The number of anilines is 5. The van der Waals surface area contributed by atoms with Crippen LogP contribution in [0.5, 0.6) is 34.5 Å². The zero-order valence-electron chi connectivity index (χ0n) is 33.1. The third-order valence-electron chi connectivity index (χ3n) is 10.7. The van der Waals surface area contributed by atoms with Gasteiger partial charge in [0.15, 0.2) is 0 Å². The molecule has 1 aliphatic rings. The minimum absolute atomic E-state index is 0.741. The number of aryl methyl sites for hydroxylation is 1. The van der Waals surface area contributed by atoms with E-state index in [1.54, 1.807) is 0 Å². The number of benzene rings is 8. The van der Waals surface area contributed by atoms with Crippen molar-refractivity contribution in [2.24, 2.45) is 7.05 Å². The molecule has 0 radical (unpaired) electrons. The molecule has 0 unspecified atom stereocenters. The van der Waals surface area contributed by atoms with E-state index in [-0.39, 0.29) is 0 Å². The van der Waals surface area contributed by atoms with Gasteiger partial charge in [-0.1, -0.05) is 84.9 Å². The molecule has 290 valence electrons. The van der Waals surface area contributed by atoms with Gasteiger partial charge in [0.1, 0.15) is 34.5 Å². The Kier molecular flexibility index (Phi) is 9.78. The first-order chi connectivity index (χ1) is 29.6. The van der Waals surface area contributed by atoms with Crippen LogP contribution >= 0.6 is 0 Å². The molecule has 0 spiro atoms. The van der Waals surface area contributed by atoms with Crippen molar-refractivity contribution in [1.29, 1.82) is 0 Å². The van der Waals surface area contributed by atoms with E-state index in [1.165, 1.54) is 0 Å². The number of hydrogen-bond donors (Lipinski definition) is 0. The van der Waals surface area contributed by atoms with E-state index < -0.39 is 0 Å². The van der Waals surface area contributed by atoms with Crippen LogP contribution in [0.4, 0.5) is 28.4 Å². The number of ether oxygens (including phenoxy) is 3. The summed E-state index contributed by atoms with van der Waals surface area (Å²) in [5.41, 5.74) is 8.37. The van der Waals surface area contributed by atoms with Gasteiger partial charge in [0.25, 0.3) is 0 Å². The van der Waals surface area contributed by atoms with Crippen molar-refractivity contribution >= 4 is 50.2 Å². The van der Waals surface area contributed by atoms with Crippen LogP contribution in [0.15, 0.2) is 224 Å². The molecule has 0 fully saturated rings. The maximum absolute atomic E-state index is 6.35. The number of nitrogens with zero attached hydrogens (tertiary/aromatic N) is 3. The zero-order chi connectivity index (χ0) is 40.3. The molecule has 0 aliphatic heterocycles. The summed E-state index contributed by atoms with van der Waals surface area (Å²) < 4.78 is 21.3. The standard InChI is InChI=1S/C54H41N3O3/c1-55-53-32-30-43(56(39-16-11-12-17-39)40-18-13-27-48(34-40)58-45-21-5-2-6-22-45)37-51(53)52-38-44(31-33-54(52)55)57(41-19-14-28-49(35-41)59-46-23-7-3-8-24-46)42-20-15-29-50(36-42)60-47-25-9-4-10-26-47/h2-11,13-38H,12H2,1H3. The lowest BCUT2D eigenvalue weighted by molar-refractivity contribution is 0.482. The highest BCUT2D eigenvalue weighted by Gasteiger charge is 2.21. The number of allylic oxidation sites excluding steroid dienone is 3. The summed E-state index contributed by atoms with van der Waals surface area (Å²) in [5, 5.41) is 2.29. The summed E-state index contributed by atoms with van der Waals surface area (Å²) in [5.74, 6) is 4.61. The van der Waals surface area contributed by atoms with Crippen molar-refractivity contribution in [2.75, 3.05) is 9.80 Å². The largest absolute Gasteiger partial charge is 0.457 e. The molecule has 1 aliphatic carbocycles. The summed E-state index contributed by atoms with van der Waals surface area (Å²) in [4.78, 5) is 4.57. The Bertz CT molecular complexity index is 2930. The van der Waals surface area contributed by atoms with Crippen molar-refractivity contribution < 1.29 is 14.2 Å². The minimum atomic E-state index is 0.741. The van der Waals surface area contributed by atoms with E-state index in [4.69, 9.17) is 14.2 Å². The first kappa shape index (κ1) is 36.4. The molecular weight excluding hydrogens is 739 g/mol. The number of rotatable bonds is 12. The molecule has 8 aromatic carbocycles. The highest BCUT2D eigenvalue weighted by atomic mass is 16.5. The second-order valence-electron chi connectivity index (χ2n) is 14.6. The SMILES string of the molecule is Cn1c2ccc(N(C3=CCC=C3)c3cccc(Oc4ccccc4)c3)cc2c2cc(N(c3cccc(Oc4ccccc4)c3)c3cccc(Oc4ccccc4)c3)ccc21. The maximum Gasteiger partial charge on any atom is 0.129 e. The summed E-state index contributed by atoms with van der Waals surface area (Å²) in [6.07, 6.45) is 7.54. The van der Waals surface area contributed by atoms with Crippen molar-refractivity contribution in [3.63, 3.8) is 0 Å². The molecule has 0 bridgehead atoms. The summed E-state index contributed by atoms with van der Waals surface area (Å²) in [7, 11) is 2.14. The molecule has 0 N–H and O–H groups in total. The average Bonchev–Trinajstić information content (AvgIpc) is 3.91. The Morgan fingerprint density at radius 1 is 0.383 bits per heavy atom. The summed E-state index contributed by atoms with van der Waals surface area (Å²) in [6, 6.07) is 67.9. The normalized spacial score (nSPS) is 12.1. The fourth-order valence-corrected chi connectivity index (χ4v) is 7.91. The third kappa shape index (κ3) is 7.46. The molecule has 6 heteroatoms. The number of para-hydroxylation sites is 3. The van der Waals surface area contributed by atoms with Gasteiger partial charge in [-0.15, -0.1) is 0 Å². The first-order valence-electron chi connectivity index (χ1n) is 20.1. The number of fused-ring (bicyclic) bond motifs is 3. The van der Waals surface area contributed by atoms with E-state index >= 15 is 0 Å². The predicted molar refractivity (Wildman–Crippen MR) is 245 cm³/mol. The smallest absolute Gasteiger partial charge is 0.129 e. The van der Waals surface area contributed by atoms with Crippen molar-refractivity contribution in [3.05, 3.63) is 224 Å². The lowest BCUT2D eigenvalue weighted by Gasteiger charge is -2.27. The van der Waals surface area contributed by atoms with Gasteiger partial charge in [-0.25, -0.2) is 0 Å². The van der Waals surface area contributed by atoms with Crippen LogP contribution < -0.4 is 24.0 Å². The van der Waals surface area contributed by atoms with Crippen LogP contribution in [0, 0.1) is 0 Å². The van der Waals surface area contributed by atoms with Crippen LogP contribution in [0.25, 0.3) is 21.8 Å². The molecule has 0 atom stereocenters. The quantitative estimate of drug-likeness (QED) is 0.123. The zero-order valence-corrected chi connectivity index (χ0v) is 33.1. The Morgan fingerprint density at radius 2 is 0.767 bits per heavy atom. The summed E-state index contributed by atoms with van der Waals surface area (Å²) in [6.45, 7) is 0. The van der Waals surface area contributed by atoms with Crippen LogP contribution in [-0.2, 0) is 7.05 Å². The highest BCUT2D eigenvalue weighted by molar-refractivity contribution is 6.11. The van der Waals surface area contributed by atoms with Crippen LogP contribution in [0.1, 0.15) is 6.42 Å². The maximum atomic E-state index is 6.35. The van der Waals surface area contributed by atoms with Crippen LogP contribution in [0.3, 0.4) is 0 Å². The Labute approximate surface area is 349 Å². The molecule has 1 aromatic heterocycles. The fourth-order valence-electron chi connectivity index (χ4n) is 7.91.